The van der Waals surface area contributed by atoms with E-state index >= 15 is 0 Å². The van der Waals surface area contributed by atoms with Gasteiger partial charge in [0.2, 0.25) is 0 Å². The Morgan fingerprint density at radius 3 is 2.66 bits per heavy atom. The zero-order valence-corrected chi connectivity index (χ0v) is 17.2. The van der Waals surface area contributed by atoms with Crippen LogP contribution in [-0.4, -0.2) is 17.0 Å². The van der Waals surface area contributed by atoms with Gasteiger partial charge < -0.3 is 15.8 Å². The van der Waals surface area contributed by atoms with E-state index in [0.717, 1.165) is 31.4 Å². The number of hydrogen-bond acceptors (Lipinski definition) is 4. The number of halogens is 3. The Morgan fingerprint density at radius 1 is 1.12 bits per heavy atom. The average Bonchev–Trinajstić information content (AvgIpc) is 2.75. The van der Waals surface area contributed by atoms with Gasteiger partial charge in [0.15, 0.2) is 0 Å². The van der Waals surface area contributed by atoms with E-state index in [-0.39, 0.29) is 12.6 Å². The van der Waals surface area contributed by atoms with Crippen LogP contribution in [0.1, 0.15) is 40.7 Å². The molecular weight excluding hydrogens is 419 g/mol. The van der Waals surface area contributed by atoms with E-state index in [0.29, 0.717) is 33.8 Å². The molecular formula is C24H22F3N3O2. The Bertz CT molecular complexity index is 1130. The van der Waals surface area contributed by atoms with Gasteiger partial charge in [-0.15, -0.1) is 0 Å². The predicted molar refractivity (Wildman–Crippen MR) is 115 cm³/mol. The van der Waals surface area contributed by atoms with Crippen molar-refractivity contribution in [1.29, 1.82) is 0 Å². The number of carbonyl (C=O) groups is 1. The van der Waals surface area contributed by atoms with Crippen LogP contribution in [0.5, 0.6) is 5.75 Å². The number of nitrogens with two attached hydrogens (primary N) is 1. The fourth-order valence-electron chi connectivity index (χ4n) is 3.37. The Labute approximate surface area is 183 Å². The Morgan fingerprint density at radius 2 is 1.94 bits per heavy atom. The summed E-state index contributed by atoms with van der Waals surface area (Å²) in [5.41, 5.74) is 7.70. The molecule has 0 radical (unpaired) electrons. The van der Waals surface area contributed by atoms with E-state index < -0.39 is 17.6 Å². The number of anilines is 1. The third kappa shape index (κ3) is 5.01. The van der Waals surface area contributed by atoms with Gasteiger partial charge in [-0.1, -0.05) is 12.1 Å². The number of benzene rings is 2. The van der Waals surface area contributed by atoms with Gasteiger partial charge in [0.05, 0.1) is 17.4 Å². The highest BCUT2D eigenvalue weighted by Gasteiger charge is 2.30. The zero-order chi connectivity index (χ0) is 22.7. The van der Waals surface area contributed by atoms with E-state index in [1.807, 2.05) is 6.07 Å². The number of ether oxygens (including phenoxy) is 1. The van der Waals surface area contributed by atoms with Gasteiger partial charge in [-0.25, -0.2) is 0 Å². The monoisotopic (exact) mass is 441 g/mol. The molecule has 8 heteroatoms. The maximum atomic E-state index is 12.9. The summed E-state index contributed by atoms with van der Waals surface area (Å²) in [6.07, 6.45) is 0.488. The second-order valence-corrected chi connectivity index (χ2v) is 7.73. The fourth-order valence-corrected chi connectivity index (χ4v) is 3.37. The van der Waals surface area contributed by atoms with E-state index in [2.05, 4.69) is 10.3 Å². The quantitative estimate of drug-likeness (QED) is 0.515. The summed E-state index contributed by atoms with van der Waals surface area (Å²) >= 11 is 0. The van der Waals surface area contributed by atoms with Gasteiger partial charge >= 0.3 is 6.18 Å². The Hall–Kier alpha value is -3.55. The van der Waals surface area contributed by atoms with Crippen molar-refractivity contribution in [1.82, 2.24) is 10.3 Å². The number of nitrogen functional groups attached to an aromatic ring is 1. The first-order valence-electron chi connectivity index (χ1n) is 10.3. The fraction of sp³-hybridized carbons (Fsp3) is 0.250. The summed E-state index contributed by atoms with van der Waals surface area (Å²) in [4.78, 5) is 16.9. The van der Waals surface area contributed by atoms with Crippen molar-refractivity contribution in [3.8, 4) is 17.0 Å². The van der Waals surface area contributed by atoms with Crippen molar-refractivity contribution in [3.63, 3.8) is 0 Å². The molecule has 1 amide bonds. The minimum Gasteiger partial charge on any atom is -0.490 e. The van der Waals surface area contributed by atoms with Crippen LogP contribution in [-0.2, 0) is 12.7 Å². The van der Waals surface area contributed by atoms with Crippen molar-refractivity contribution < 1.29 is 22.7 Å². The van der Waals surface area contributed by atoms with Crippen LogP contribution in [0.2, 0.25) is 0 Å². The molecule has 166 valence electrons. The molecule has 32 heavy (non-hydrogen) atoms. The van der Waals surface area contributed by atoms with Crippen LogP contribution in [0.3, 0.4) is 0 Å². The first-order valence-corrected chi connectivity index (χ1v) is 10.3. The van der Waals surface area contributed by atoms with Gasteiger partial charge in [0.1, 0.15) is 5.75 Å². The van der Waals surface area contributed by atoms with E-state index in [1.165, 1.54) is 24.4 Å². The van der Waals surface area contributed by atoms with Crippen LogP contribution in [0.4, 0.5) is 18.9 Å². The molecule has 4 rings (SSSR count). The summed E-state index contributed by atoms with van der Waals surface area (Å²) in [6, 6.07) is 13.4. The molecule has 0 unspecified atom stereocenters. The van der Waals surface area contributed by atoms with Crippen molar-refractivity contribution >= 4 is 11.6 Å². The van der Waals surface area contributed by atoms with Crippen LogP contribution in [0.15, 0.2) is 60.8 Å². The molecule has 0 bridgehead atoms. The normalized spacial score (nSPS) is 14.0. The summed E-state index contributed by atoms with van der Waals surface area (Å²) in [7, 11) is 0. The number of carbonyl (C=O) groups excluding carboxylic acids is 1. The van der Waals surface area contributed by atoms with Gasteiger partial charge in [0.25, 0.3) is 5.91 Å². The van der Waals surface area contributed by atoms with Gasteiger partial charge in [-0.3, -0.25) is 9.78 Å². The molecule has 2 aromatic carbocycles. The van der Waals surface area contributed by atoms with Crippen LogP contribution in [0, 0.1) is 0 Å². The van der Waals surface area contributed by atoms with E-state index in [9.17, 15) is 18.0 Å². The number of amides is 1. The number of hydrogen-bond donors (Lipinski definition) is 2. The number of rotatable bonds is 6. The first kappa shape index (κ1) is 21.7. The Kier molecular flexibility index (Phi) is 6.03. The zero-order valence-electron chi connectivity index (χ0n) is 17.2. The number of pyridine rings is 1. The third-order valence-corrected chi connectivity index (χ3v) is 5.39. The molecule has 0 saturated heterocycles. The summed E-state index contributed by atoms with van der Waals surface area (Å²) < 4.78 is 44.6. The number of alkyl halides is 3. The van der Waals surface area contributed by atoms with Crippen molar-refractivity contribution in [3.05, 3.63) is 77.5 Å². The van der Waals surface area contributed by atoms with Crippen LogP contribution < -0.4 is 15.8 Å². The predicted octanol–water partition coefficient (Wildman–Crippen LogP) is 5.21. The highest BCUT2D eigenvalue weighted by Crippen LogP contribution is 2.32. The molecule has 5 nitrogen and oxygen atoms in total. The second kappa shape index (κ2) is 8.90. The maximum Gasteiger partial charge on any atom is 0.416 e. The van der Waals surface area contributed by atoms with Gasteiger partial charge in [0, 0.05) is 29.6 Å². The van der Waals surface area contributed by atoms with E-state index in [4.69, 9.17) is 10.5 Å². The van der Waals surface area contributed by atoms with Crippen molar-refractivity contribution in [2.45, 2.75) is 38.1 Å². The minimum absolute atomic E-state index is 0.0345. The number of aromatic nitrogens is 1. The van der Waals surface area contributed by atoms with Gasteiger partial charge in [-0.2, -0.15) is 13.2 Å². The Balaban J connectivity index is 1.48. The smallest absolute Gasteiger partial charge is 0.416 e. The minimum atomic E-state index is -4.43. The molecule has 1 aromatic heterocycles. The standard InChI is InChI=1S/C24H22F3N3O2/c25-24(26,27)17-4-1-3-15(11-17)14-30-23(31)16-9-10-29-22(12-16)20-13-19(7-8-21(20)28)32-18-5-2-6-18/h1,3-4,7-13,18H,2,5-6,14,28H2,(H,30,31). The molecule has 1 heterocycles. The van der Waals surface area contributed by atoms with Gasteiger partial charge in [-0.05, 0) is 67.3 Å². The second-order valence-electron chi connectivity index (χ2n) is 7.73. The van der Waals surface area contributed by atoms with Crippen LogP contribution in [0.25, 0.3) is 11.3 Å². The molecule has 0 aliphatic heterocycles. The first-order chi connectivity index (χ1) is 15.3. The topological polar surface area (TPSA) is 77.2 Å². The lowest BCUT2D eigenvalue weighted by atomic mass is 9.96. The molecule has 3 aromatic rings. The molecule has 1 aliphatic carbocycles. The third-order valence-electron chi connectivity index (χ3n) is 5.39. The molecule has 0 atom stereocenters. The summed E-state index contributed by atoms with van der Waals surface area (Å²) in [6.45, 7) is -0.0345. The summed E-state index contributed by atoms with van der Waals surface area (Å²) in [5, 5.41) is 2.65. The molecule has 1 fully saturated rings. The largest absolute Gasteiger partial charge is 0.490 e. The average molecular weight is 441 g/mol. The highest BCUT2D eigenvalue weighted by atomic mass is 19.4. The van der Waals surface area contributed by atoms with E-state index in [1.54, 1.807) is 18.2 Å². The number of nitrogens with one attached hydrogen (secondary N) is 1. The maximum absolute atomic E-state index is 12.9. The number of nitrogens with zero attached hydrogens (tertiary/aromatic N) is 1. The van der Waals surface area contributed by atoms with Crippen molar-refractivity contribution in [2.24, 2.45) is 0 Å². The SMILES string of the molecule is Nc1ccc(OC2CCC2)cc1-c1cc(C(=O)NCc2cccc(C(F)(F)F)c2)ccn1. The molecule has 3 N–H and O–H groups in total. The van der Waals surface area contributed by atoms with Crippen LogP contribution >= 0.6 is 0 Å². The molecule has 0 spiro atoms. The lowest BCUT2D eigenvalue weighted by Gasteiger charge is -2.26. The lowest BCUT2D eigenvalue weighted by molar-refractivity contribution is -0.137. The van der Waals surface area contributed by atoms with Crippen molar-refractivity contribution in [2.75, 3.05) is 5.73 Å². The lowest BCUT2D eigenvalue weighted by Crippen LogP contribution is -2.24. The highest BCUT2D eigenvalue weighted by molar-refractivity contribution is 5.95. The molecule has 1 saturated carbocycles. The summed E-state index contributed by atoms with van der Waals surface area (Å²) in [5.74, 6) is 0.270. The molecule has 1 aliphatic rings.